The fourth-order valence-corrected chi connectivity index (χ4v) is 5.40. The van der Waals surface area contributed by atoms with Crippen LogP contribution in [0.2, 0.25) is 0 Å². The second-order valence-corrected chi connectivity index (χ2v) is 10.4. The monoisotopic (exact) mass is 508 g/mol. The molecular formula is C26H29FN6O2S. The van der Waals surface area contributed by atoms with Gasteiger partial charge in [-0.3, -0.25) is 0 Å². The van der Waals surface area contributed by atoms with Crippen molar-refractivity contribution in [3.8, 4) is 23.4 Å². The average molecular weight is 509 g/mol. The molecule has 1 aromatic heterocycles. The fourth-order valence-electron chi connectivity index (χ4n) is 4.84. The zero-order chi connectivity index (χ0) is 25.1. The topological polar surface area (TPSA) is 95.3 Å². The lowest BCUT2D eigenvalue weighted by Crippen LogP contribution is -2.49. The summed E-state index contributed by atoms with van der Waals surface area (Å²) >= 11 is 1.32. The second-order valence-electron chi connectivity index (χ2n) is 9.41. The van der Waals surface area contributed by atoms with E-state index >= 15 is 0 Å². The Morgan fingerprint density at radius 3 is 2.81 bits per heavy atom. The Labute approximate surface area is 214 Å². The summed E-state index contributed by atoms with van der Waals surface area (Å²) in [6.45, 7) is 4.94. The molecule has 3 aromatic rings. The van der Waals surface area contributed by atoms with Gasteiger partial charge in [-0.2, -0.15) is 5.26 Å². The molecule has 1 aliphatic heterocycles. The third kappa shape index (κ3) is 5.05. The Morgan fingerprint density at radius 1 is 1.25 bits per heavy atom. The first kappa shape index (κ1) is 24.6. The second kappa shape index (κ2) is 10.5. The van der Waals surface area contributed by atoms with Crippen molar-refractivity contribution < 1.29 is 13.9 Å². The van der Waals surface area contributed by atoms with Gasteiger partial charge in [0.05, 0.1) is 16.6 Å². The minimum absolute atomic E-state index is 0.0922. The molecule has 8 nitrogen and oxygen atoms in total. The summed E-state index contributed by atoms with van der Waals surface area (Å²) in [7, 11) is 1.91. The highest BCUT2D eigenvalue weighted by atomic mass is 32.2. The van der Waals surface area contributed by atoms with Crippen LogP contribution in [0.25, 0.3) is 10.9 Å². The minimum Gasteiger partial charge on any atom is -0.474 e. The Bertz CT molecular complexity index is 1290. The van der Waals surface area contributed by atoms with E-state index < -0.39 is 5.82 Å². The normalized spacial score (nSPS) is 17.1. The molecule has 10 heteroatoms. The van der Waals surface area contributed by atoms with Crippen LogP contribution < -0.4 is 19.5 Å². The van der Waals surface area contributed by atoms with Crippen LogP contribution in [0.15, 0.2) is 36.7 Å². The number of ether oxygens (including phenoxy) is 2. The predicted molar refractivity (Wildman–Crippen MR) is 138 cm³/mol. The summed E-state index contributed by atoms with van der Waals surface area (Å²) in [6, 6.07) is 10.1. The molecule has 2 aromatic carbocycles. The Hall–Kier alpha value is -3.13. The van der Waals surface area contributed by atoms with E-state index in [-0.39, 0.29) is 17.4 Å². The van der Waals surface area contributed by atoms with Gasteiger partial charge in [-0.25, -0.2) is 18.7 Å². The van der Waals surface area contributed by atoms with Gasteiger partial charge in [0.25, 0.3) is 0 Å². The molecule has 36 heavy (non-hydrogen) atoms. The Balaban J connectivity index is 1.37. The van der Waals surface area contributed by atoms with E-state index in [0.717, 1.165) is 32.5 Å². The molecule has 2 aliphatic rings. The summed E-state index contributed by atoms with van der Waals surface area (Å²) in [5.74, 6) is 0.118. The average Bonchev–Trinajstić information content (AvgIpc) is 2.88. The van der Waals surface area contributed by atoms with Crippen LogP contribution in [-0.2, 0) is 0 Å². The summed E-state index contributed by atoms with van der Waals surface area (Å²) < 4.78 is 32.0. The van der Waals surface area contributed by atoms with Gasteiger partial charge in [-0.15, -0.1) is 0 Å². The quantitative estimate of drug-likeness (QED) is 0.395. The van der Waals surface area contributed by atoms with Crippen molar-refractivity contribution >= 4 is 28.7 Å². The van der Waals surface area contributed by atoms with Crippen molar-refractivity contribution in [2.45, 2.75) is 38.7 Å². The molecule has 0 amide bonds. The predicted octanol–water partition coefficient (Wildman–Crippen LogP) is 5.27. The SMILES string of the molecule is CCN(C)SNc1ccc(F)c(Oc2ccc3ncnc(OC4CC5(CCNCC5)C4)c3c2)c1C#N. The molecule has 1 spiro atoms. The molecular weight excluding hydrogens is 479 g/mol. The maximum atomic E-state index is 14.8. The minimum atomic E-state index is -0.617. The summed E-state index contributed by atoms with van der Waals surface area (Å²) in [4.78, 5) is 8.72. The number of nitrogens with zero attached hydrogens (tertiary/aromatic N) is 4. The van der Waals surface area contributed by atoms with Crippen molar-refractivity contribution in [1.82, 2.24) is 19.6 Å². The van der Waals surface area contributed by atoms with Crippen LogP contribution in [-0.4, -0.2) is 47.1 Å². The molecule has 1 saturated carbocycles. The maximum absolute atomic E-state index is 14.8. The molecule has 2 heterocycles. The standard InChI is InChI=1S/C26H29FN6O2S/c1-3-33(2)36-32-23-7-5-21(27)24(20(23)15-28)34-17-4-6-22-19(12-17)25(31-16-30-22)35-18-13-26(14-18)8-10-29-11-9-26/h4-7,12,16,18,29,32H,3,8-11,13-14H2,1-2H3. The highest BCUT2D eigenvalue weighted by molar-refractivity contribution is 7.98. The molecule has 0 radical (unpaired) electrons. The van der Waals surface area contributed by atoms with E-state index in [9.17, 15) is 9.65 Å². The first-order chi connectivity index (χ1) is 17.5. The third-order valence-corrected chi connectivity index (χ3v) is 7.91. The molecule has 0 unspecified atom stereocenters. The number of benzene rings is 2. The van der Waals surface area contributed by atoms with Crippen LogP contribution in [0.1, 0.15) is 38.2 Å². The molecule has 0 bridgehead atoms. The molecule has 5 rings (SSSR count). The lowest BCUT2D eigenvalue weighted by Gasteiger charge is -2.49. The van der Waals surface area contributed by atoms with E-state index in [1.165, 1.54) is 43.4 Å². The number of nitrogens with one attached hydrogen (secondary N) is 2. The fraction of sp³-hybridized carbons (Fsp3) is 0.423. The van der Waals surface area contributed by atoms with Gasteiger partial charge >= 0.3 is 0 Å². The third-order valence-electron chi connectivity index (χ3n) is 7.03. The first-order valence-electron chi connectivity index (χ1n) is 12.2. The van der Waals surface area contributed by atoms with E-state index in [4.69, 9.17) is 9.47 Å². The van der Waals surface area contributed by atoms with Crippen LogP contribution in [0.4, 0.5) is 10.1 Å². The number of fused-ring (bicyclic) bond motifs is 1. The molecule has 0 atom stereocenters. The van der Waals surface area contributed by atoms with Crippen LogP contribution in [0, 0.1) is 22.6 Å². The van der Waals surface area contributed by atoms with Crippen molar-refractivity contribution in [3.63, 3.8) is 0 Å². The first-order valence-corrected chi connectivity index (χ1v) is 12.9. The van der Waals surface area contributed by atoms with Crippen LogP contribution in [0.5, 0.6) is 17.4 Å². The number of piperidine rings is 1. The molecule has 2 N–H and O–H groups in total. The van der Waals surface area contributed by atoms with E-state index in [1.807, 2.05) is 18.3 Å². The number of nitriles is 1. The molecule has 1 aliphatic carbocycles. The van der Waals surface area contributed by atoms with E-state index in [2.05, 4.69) is 26.1 Å². The lowest BCUT2D eigenvalue weighted by atomic mass is 9.62. The van der Waals surface area contributed by atoms with Crippen LogP contribution >= 0.6 is 12.1 Å². The zero-order valence-corrected chi connectivity index (χ0v) is 21.2. The summed E-state index contributed by atoms with van der Waals surface area (Å²) in [5, 5.41) is 13.9. The van der Waals surface area contributed by atoms with Gasteiger partial charge < -0.3 is 19.5 Å². The van der Waals surface area contributed by atoms with Crippen LogP contribution in [0.3, 0.4) is 0 Å². The van der Waals surface area contributed by atoms with Crippen molar-refractivity contribution in [2.24, 2.45) is 5.41 Å². The van der Waals surface area contributed by atoms with Gasteiger partial charge in [-0.1, -0.05) is 6.92 Å². The maximum Gasteiger partial charge on any atom is 0.224 e. The van der Waals surface area contributed by atoms with Gasteiger partial charge in [-0.05, 0) is 81.6 Å². The van der Waals surface area contributed by atoms with Gasteiger partial charge in [0.1, 0.15) is 29.8 Å². The number of anilines is 1. The molecule has 1 saturated heterocycles. The van der Waals surface area contributed by atoms with Crippen molar-refractivity contribution in [1.29, 1.82) is 5.26 Å². The number of hydrogen-bond acceptors (Lipinski definition) is 9. The zero-order valence-electron chi connectivity index (χ0n) is 20.4. The lowest BCUT2D eigenvalue weighted by molar-refractivity contribution is -0.0360. The van der Waals surface area contributed by atoms with E-state index in [0.29, 0.717) is 33.6 Å². The molecule has 2 fully saturated rings. The largest absolute Gasteiger partial charge is 0.474 e. The highest BCUT2D eigenvalue weighted by Crippen LogP contribution is 2.49. The van der Waals surface area contributed by atoms with Crippen molar-refractivity contribution in [2.75, 3.05) is 31.4 Å². The highest BCUT2D eigenvalue weighted by Gasteiger charge is 2.46. The van der Waals surface area contributed by atoms with Crippen molar-refractivity contribution in [3.05, 3.63) is 48.0 Å². The Morgan fingerprint density at radius 2 is 2.06 bits per heavy atom. The number of aromatic nitrogens is 2. The van der Waals surface area contributed by atoms with Gasteiger partial charge in [0, 0.05) is 18.7 Å². The summed E-state index contributed by atoms with van der Waals surface area (Å²) in [5.41, 5.74) is 1.67. The smallest absolute Gasteiger partial charge is 0.224 e. The number of halogens is 1. The number of rotatable bonds is 8. The van der Waals surface area contributed by atoms with E-state index in [1.54, 1.807) is 18.2 Å². The number of hydrogen-bond donors (Lipinski definition) is 2. The molecule has 188 valence electrons. The van der Waals surface area contributed by atoms with Gasteiger partial charge in [0.2, 0.25) is 5.88 Å². The van der Waals surface area contributed by atoms with Gasteiger partial charge in [0.15, 0.2) is 11.6 Å². The summed E-state index contributed by atoms with van der Waals surface area (Å²) in [6.07, 6.45) is 6.03. The Kier molecular flexibility index (Phi) is 7.14.